The molecule has 0 atom stereocenters. The lowest BCUT2D eigenvalue weighted by molar-refractivity contribution is 0.0697. The minimum atomic E-state index is -1.06. The summed E-state index contributed by atoms with van der Waals surface area (Å²) in [4.78, 5) is 17.0. The summed E-state index contributed by atoms with van der Waals surface area (Å²) in [6.45, 7) is 2.01. The van der Waals surface area contributed by atoms with Crippen LogP contribution in [-0.4, -0.2) is 23.1 Å². The standard InChI is InChI=1S/C14H13ClN2O2/c1-9-3-5-10(6-4-9)17(2)13-7-11(14(18)19)12(15)8-16-13/h3-8H,1-2H3,(H,18,19). The van der Waals surface area contributed by atoms with Crippen molar-refractivity contribution in [1.82, 2.24) is 4.98 Å². The monoisotopic (exact) mass is 276 g/mol. The fourth-order valence-electron chi connectivity index (χ4n) is 1.68. The number of benzene rings is 1. The van der Waals surface area contributed by atoms with Gasteiger partial charge < -0.3 is 10.0 Å². The SMILES string of the molecule is Cc1ccc(N(C)c2cc(C(=O)O)c(Cl)cn2)cc1. The van der Waals surface area contributed by atoms with Crippen molar-refractivity contribution in [2.24, 2.45) is 0 Å². The molecule has 0 saturated carbocycles. The molecule has 0 fully saturated rings. The molecule has 0 spiro atoms. The summed E-state index contributed by atoms with van der Waals surface area (Å²) in [6, 6.07) is 9.34. The topological polar surface area (TPSA) is 53.4 Å². The van der Waals surface area contributed by atoms with Crippen molar-refractivity contribution in [2.45, 2.75) is 6.92 Å². The minimum absolute atomic E-state index is 0.0469. The van der Waals surface area contributed by atoms with Crippen LogP contribution in [0.25, 0.3) is 0 Å². The molecule has 1 aromatic heterocycles. The second kappa shape index (κ2) is 5.28. The third kappa shape index (κ3) is 2.85. The smallest absolute Gasteiger partial charge is 0.337 e. The molecule has 0 aliphatic carbocycles. The molecule has 0 saturated heterocycles. The van der Waals surface area contributed by atoms with Crippen LogP contribution in [-0.2, 0) is 0 Å². The number of hydrogen-bond acceptors (Lipinski definition) is 3. The number of carboxylic acids is 1. The van der Waals surface area contributed by atoms with Crippen LogP contribution in [0.2, 0.25) is 5.02 Å². The molecule has 2 rings (SSSR count). The van der Waals surface area contributed by atoms with E-state index in [0.29, 0.717) is 5.82 Å². The quantitative estimate of drug-likeness (QED) is 0.932. The van der Waals surface area contributed by atoms with Gasteiger partial charge in [0.15, 0.2) is 0 Å². The zero-order valence-corrected chi connectivity index (χ0v) is 11.3. The predicted octanol–water partition coefficient (Wildman–Crippen LogP) is 3.51. The van der Waals surface area contributed by atoms with E-state index in [1.54, 1.807) is 0 Å². The maximum Gasteiger partial charge on any atom is 0.337 e. The van der Waals surface area contributed by atoms with Crippen molar-refractivity contribution in [2.75, 3.05) is 11.9 Å². The molecular formula is C14H13ClN2O2. The number of aromatic nitrogens is 1. The number of rotatable bonds is 3. The molecule has 0 aliphatic rings. The van der Waals surface area contributed by atoms with E-state index in [-0.39, 0.29) is 10.6 Å². The van der Waals surface area contributed by atoms with E-state index in [9.17, 15) is 4.79 Å². The van der Waals surface area contributed by atoms with Gasteiger partial charge in [-0.3, -0.25) is 0 Å². The van der Waals surface area contributed by atoms with Crippen molar-refractivity contribution in [3.63, 3.8) is 0 Å². The Morgan fingerprint density at radius 3 is 2.53 bits per heavy atom. The van der Waals surface area contributed by atoms with Crippen LogP contribution in [0.4, 0.5) is 11.5 Å². The molecule has 2 aromatic rings. The van der Waals surface area contributed by atoms with Crippen LogP contribution in [0.1, 0.15) is 15.9 Å². The zero-order valence-electron chi connectivity index (χ0n) is 10.6. The summed E-state index contributed by atoms with van der Waals surface area (Å²) >= 11 is 5.80. The highest BCUT2D eigenvalue weighted by atomic mass is 35.5. The number of nitrogens with zero attached hydrogens (tertiary/aromatic N) is 2. The number of aryl methyl sites for hydroxylation is 1. The van der Waals surface area contributed by atoms with Gasteiger partial charge in [-0.1, -0.05) is 29.3 Å². The number of carboxylic acid groups (broad SMARTS) is 1. The Balaban J connectivity index is 2.38. The van der Waals surface area contributed by atoms with Crippen molar-refractivity contribution in [3.05, 3.63) is 52.7 Å². The first kappa shape index (κ1) is 13.4. The van der Waals surface area contributed by atoms with Crippen molar-refractivity contribution in [3.8, 4) is 0 Å². The molecule has 1 heterocycles. The fraction of sp³-hybridized carbons (Fsp3) is 0.143. The second-order valence-electron chi connectivity index (χ2n) is 4.22. The van der Waals surface area contributed by atoms with E-state index in [4.69, 9.17) is 16.7 Å². The maximum absolute atomic E-state index is 11.0. The molecule has 19 heavy (non-hydrogen) atoms. The molecule has 0 radical (unpaired) electrons. The third-order valence-electron chi connectivity index (χ3n) is 2.84. The van der Waals surface area contributed by atoms with E-state index in [1.807, 2.05) is 43.1 Å². The Kier molecular flexibility index (Phi) is 3.71. The molecule has 5 heteroatoms. The average molecular weight is 277 g/mol. The van der Waals surface area contributed by atoms with Crippen molar-refractivity contribution >= 4 is 29.1 Å². The molecule has 0 bridgehead atoms. The van der Waals surface area contributed by atoms with Gasteiger partial charge in [0.2, 0.25) is 0 Å². The lowest BCUT2D eigenvalue weighted by atomic mass is 10.2. The number of carbonyl (C=O) groups is 1. The van der Waals surface area contributed by atoms with E-state index >= 15 is 0 Å². The second-order valence-corrected chi connectivity index (χ2v) is 4.63. The predicted molar refractivity (Wildman–Crippen MR) is 75.4 cm³/mol. The summed E-state index contributed by atoms with van der Waals surface area (Å²) in [5, 5.41) is 9.18. The van der Waals surface area contributed by atoms with E-state index in [0.717, 1.165) is 11.3 Å². The number of hydrogen-bond donors (Lipinski definition) is 1. The Morgan fingerprint density at radius 2 is 1.95 bits per heavy atom. The van der Waals surface area contributed by atoms with Gasteiger partial charge in [-0.15, -0.1) is 0 Å². The van der Waals surface area contributed by atoms with Gasteiger partial charge in [0.25, 0.3) is 0 Å². The zero-order chi connectivity index (χ0) is 14.0. The first-order valence-corrected chi connectivity index (χ1v) is 6.06. The third-order valence-corrected chi connectivity index (χ3v) is 3.14. The van der Waals surface area contributed by atoms with Crippen LogP contribution in [0.5, 0.6) is 0 Å². The Labute approximate surface area is 116 Å². The molecule has 1 aromatic carbocycles. The molecule has 98 valence electrons. The van der Waals surface area contributed by atoms with Gasteiger partial charge in [-0.25, -0.2) is 9.78 Å². The van der Waals surface area contributed by atoms with Gasteiger partial charge in [-0.2, -0.15) is 0 Å². The van der Waals surface area contributed by atoms with Crippen LogP contribution in [0.15, 0.2) is 36.5 Å². The lowest BCUT2D eigenvalue weighted by Crippen LogP contribution is -2.12. The van der Waals surface area contributed by atoms with Crippen molar-refractivity contribution in [1.29, 1.82) is 0 Å². The van der Waals surface area contributed by atoms with E-state index in [1.165, 1.54) is 12.3 Å². The lowest BCUT2D eigenvalue weighted by Gasteiger charge is -2.19. The molecule has 0 unspecified atom stereocenters. The Morgan fingerprint density at radius 1 is 1.32 bits per heavy atom. The summed E-state index contributed by atoms with van der Waals surface area (Å²) in [6.07, 6.45) is 1.35. The molecule has 0 amide bonds. The molecule has 0 aliphatic heterocycles. The number of aromatic carboxylic acids is 1. The number of anilines is 2. The molecular weight excluding hydrogens is 264 g/mol. The highest BCUT2D eigenvalue weighted by Gasteiger charge is 2.13. The average Bonchev–Trinajstić information content (AvgIpc) is 2.39. The molecule has 1 N–H and O–H groups in total. The minimum Gasteiger partial charge on any atom is -0.478 e. The summed E-state index contributed by atoms with van der Waals surface area (Å²) < 4.78 is 0. The van der Waals surface area contributed by atoms with E-state index < -0.39 is 5.97 Å². The first-order chi connectivity index (χ1) is 8.99. The van der Waals surface area contributed by atoms with Gasteiger partial charge in [0.1, 0.15) is 5.82 Å². The fourth-order valence-corrected chi connectivity index (χ4v) is 1.86. The van der Waals surface area contributed by atoms with Gasteiger partial charge in [0, 0.05) is 18.9 Å². The summed E-state index contributed by atoms with van der Waals surface area (Å²) in [7, 11) is 1.83. The number of pyridine rings is 1. The first-order valence-electron chi connectivity index (χ1n) is 5.68. The van der Waals surface area contributed by atoms with Gasteiger partial charge in [-0.05, 0) is 25.1 Å². The highest BCUT2D eigenvalue weighted by Crippen LogP contribution is 2.25. The van der Waals surface area contributed by atoms with Crippen molar-refractivity contribution < 1.29 is 9.90 Å². The maximum atomic E-state index is 11.0. The van der Waals surface area contributed by atoms with Crippen LogP contribution >= 0.6 is 11.6 Å². The van der Waals surface area contributed by atoms with Crippen LogP contribution < -0.4 is 4.90 Å². The normalized spacial score (nSPS) is 10.3. The Bertz CT molecular complexity index is 611. The molecule has 4 nitrogen and oxygen atoms in total. The van der Waals surface area contributed by atoms with Gasteiger partial charge in [0.05, 0.1) is 10.6 Å². The summed E-state index contributed by atoms with van der Waals surface area (Å²) in [5.41, 5.74) is 2.13. The summed E-state index contributed by atoms with van der Waals surface area (Å²) in [5.74, 6) is -0.531. The highest BCUT2D eigenvalue weighted by molar-refractivity contribution is 6.33. The van der Waals surface area contributed by atoms with Crippen LogP contribution in [0, 0.1) is 6.92 Å². The van der Waals surface area contributed by atoms with E-state index in [2.05, 4.69) is 4.98 Å². The largest absolute Gasteiger partial charge is 0.478 e. The van der Waals surface area contributed by atoms with Crippen LogP contribution in [0.3, 0.4) is 0 Å². The Hall–Kier alpha value is -2.07. The number of halogens is 1. The van der Waals surface area contributed by atoms with Gasteiger partial charge >= 0.3 is 5.97 Å².